The summed E-state index contributed by atoms with van der Waals surface area (Å²) in [5, 5.41) is 14.1. The summed E-state index contributed by atoms with van der Waals surface area (Å²) in [4.78, 5) is 21.1. The fourth-order valence-corrected chi connectivity index (χ4v) is 5.05. The minimum absolute atomic E-state index is 0.0289. The first-order chi connectivity index (χ1) is 11.6. The van der Waals surface area contributed by atoms with Gasteiger partial charge in [-0.15, -0.1) is 22.7 Å². The monoisotopic (exact) mass is 360 g/mol. The Morgan fingerprint density at radius 3 is 3.00 bits per heavy atom. The molecule has 1 aliphatic carbocycles. The number of thiophene rings is 1. The predicted octanol–water partition coefficient (Wildman–Crippen LogP) is 3.33. The van der Waals surface area contributed by atoms with Gasteiger partial charge in [0.1, 0.15) is 11.1 Å². The summed E-state index contributed by atoms with van der Waals surface area (Å²) < 4.78 is 0. The summed E-state index contributed by atoms with van der Waals surface area (Å²) in [6.07, 6.45) is 5.42. The Hall–Kier alpha value is -1.75. The van der Waals surface area contributed by atoms with Gasteiger partial charge in [0.05, 0.1) is 10.6 Å². The van der Waals surface area contributed by atoms with E-state index in [1.165, 1.54) is 9.75 Å². The fraction of sp³-hybridized carbons (Fsp3) is 0.471. The average Bonchev–Trinajstić information content (AvgIpc) is 3.21. The molecular formula is C17H20N4OS2. The maximum Gasteiger partial charge on any atom is 0.226 e. The lowest BCUT2D eigenvalue weighted by atomic mass is 10.1. The number of nitriles is 1. The van der Waals surface area contributed by atoms with Crippen LogP contribution in [-0.2, 0) is 24.2 Å². The van der Waals surface area contributed by atoms with Crippen molar-refractivity contribution in [1.82, 2.24) is 9.88 Å². The number of hydrogen-bond donors (Lipinski definition) is 1. The van der Waals surface area contributed by atoms with Gasteiger partial charge < -0.3 is 10.2 Å². The SMILES string of the molecule is Cc1ncc(CN(C)CCC(=O)Nc2sc3c(c2C#N)CCC3)s1. The molecule has 0 aromatic carbocycles. The van der Waals surface area contributed by atoms with Crippen LogP contribution in [0.4, 0.5) is 5.00 Å². The number of hydrogen-bond acceptors (Lipinski definition) is 6. The number of anilines is 1. The standard InChI is InChI=1S/C17H20N4OS2/c1-11-19-9-12(23-11)10-21(2)7-6-16(22)20-17-14(8-18)13-4-3-5-15(13)24-17/h9H,3-7,10H2,1-2H3,(H,20,22). The van der Waals surface area contributed by atoms with Crippen molar-refractivity contribution in [1.29, 1.82) is 5.26 Å². The molecule has 0 aliphatic heterocycles. The van der Waals surface area contributed by atoms with E-state index in [0.29, 0.717) is 18.5 Å². The van der Waals surface area contributed by atoms with Gasteiger partial charge in [0.25, 0.3) is 0 Å². The molecule has 1 amide bonds. The van der Waals surface area contributed by atoms with Crippen molar-refractivity contribution < 1.29 is 4.79 Å². The van der Waals surface area contributed by atoms with Crippen molar-refractivity contribution in [3.8, 4) is 6.07 Å². The van der Waals surface area contributed by atoms with Gasteiger partial charge in [-0.3, -0.25) is 4.79 Å². The Bertz CT molecular complexity index is 787. The van der Waals surface area contributed by atoms with Crippen LogP contribution in [0.1, 0.15) is 38.7 Å². The van der Waals surface area contributed by atoms with E-state index < -0.39 is 0 Å². The molecule has 24 heavy (non-hydrogen) atoms. The van der Waals surface area contributed by atoms with Crippen LogP contribution in [0.2, 0.25) is 0 Å². The Morgan fingerprint density at radius 1 is 1.46 bits per heavy atom. The van der Waals surface area contributed by atoms with Gasteiger partial charge in [-0.1, -0.05) is 0 Å². The molecule has 0 unspecified atom stereocenters. The molecule has 7 heteroatoms. The fourth-order valence-electron chi connectivity index (χ4n) is 2.92. The van der Waals surface area contributed by atoms with Gasteiger partial charge in [-0.05, 0) is 38.8 Å². The highest BCUT2D eigenvalue weighted by atomic mass is 32.1. The summed E-state index contributed by atoms with van der Waals surface area (Å²) in [5.41, 5.74) is 1.82. The summed E-state index contributed by atoms with van der Waals surface area (Å²) in [6, 6.07) is 2.26. The summed E-state index contributed by atoms with van der Waals surface area (Å²) in [5.74, 6) is -0.0289. The maximum atomic E-state index is 12.2. The van der Waals surface area contributed by atoms with E-state index >= 15 is 0 Å². The van der Waals surface area contributed by atoms with Crippen LogP contribution < -0.4 is 5.32 Å². The van der Waals surface area contributed by atoms with Crippen LogP contribution in [0.5, 0.6) is 0 Å². The second-order valence-corrected chi connectivity index (χ2v) is 8.48. The van der Waals surface area contributed by atoms with Crippen molar-refractivity contribution in [3.05, 3.63) is 32.1 Å². The second kappa shape index (κ2) is 7.43. The number of carbonyl (C=O) groups is 1. The molecule has 2 heterocycles. The molecule has 3 rings (SSSR count). The quantitative estimate of drug-likeness (QED) is 0.858. The predicted molar refractivity (Wildman–Crippen MR) is 97.5 cm³/mol. The van der Waals surface area contributed by atoms with Gasteiger partial charge in [-0.25, -0.2) is 4.98 Å². The van der Waals surface area contributed by atoms with E-state index in [1.54, 1.807) is 22.7 Å². The zero-order valence-corrected chi connectivity index (χ0v) is 15.5. The number of aromatic nitrogens is 1. The first-order valence-corrected chi connectivity index (χ1v) is 9.64. The molecule has 0 atom stereocenters. The van der Waals surface area contributed by atoms with E-state index in [4.69, 9.17) is 0 Å². The molecule has 0 saturated carbocycles. The zero-order chi connectivity index (χ0) is 17.1. The molecular weight excluding hydrogens is 340 g/mol. The van der Waals surface area contributed by atoms with Gasteiger partial charge in [0.2, 0.25) is 5.91 Å². The molecule has 2 aromatic heterocycles. The van der Waals surface area contributed by atoms with Gasteiger partial charge >= 0.3 is 0 Å². The van der Waals surface area contributed by atoms with Gasteiger partial charge in [-0.2, -0.15) is 5.26 Å². The number of nitrogens with zero attached hydrogens (tertiary/aromatic N) is 3. The van der Waals surface area contributed by atoms with Crippen LogP contribution in [0.3, 0.4) is 0 Å². The molecule has 0 spiro atoms. The normalized spacial score (nSPS) is 13.1. The molecule has 2 aromatic rings. The van der Waals surface area contributed by atoms with Crippen LogP contribution in [0.15, 0.2) is 6.20 Å². The molecule has 0 radical (unpaired) electrons. The van der Waals surface area contributed by atoms with Crippen LogP contribution in [0, 0.1) is 18.3 Å². The van der Waals surface area contributed by atoms with Gasteiger partial charge in [0.15, 0.2) is 0 Å². The molecule has 0 saturated heterocycles. The van der Waals surface area contributed by atoms with E-state index in [-0.39, 0.29) is 5.91 Å². The highest BCUT2D eigenvalue weighted by molar-refractivity contribution is 7.16. The van der Waals surface area contributed by atoms with Crippen LogP contribution in [0.25, 0.3) is 0 Å². The Balaban J connectivity index is 1.52. The lowest BCUT2D eigenvalue weighted by Gasteiger charge is -2.14. The lowest BCUT2D eigenvalue weighted by molar-refractivity contribution is -0.116. The summed E-state index contributed by atoms with van der Waals surface area (Å²) in [7, 11) is 2.00. The first kappa shape index (κ1) is 17.1. The number of fused-ring (bicyclic) bond motifs is 1. The van der Waals surface area contributed by atoms with Crippen molar-refractivity contribution in [2.75, 3.05) is 18.9 Å². The molecule has 0 bridgehead atoms. The van der Waals surface area contributed by atoms with E-state index in [0.717, 1.165) is 41.4 Å². The smallest absolute Gasteiger partial charge is 0.226 e. The van der Waals surface area contributed by atoms with Gasteiger partial charge in [0, 0.05) is 35.5 Å². The van der Waals surface area contributed by atoms with Crippen LogP contribution >= 0.6 is 22.7 Å². The van der Waals surface area contributed by atoms with E-state index in [2.05, 4.69) is 21.3 Å². The minimum Gasteiger partial charge on any atom is -0.317 e. The highest BCUT2D eigenvalue weighted by Crippen LogP contribution is 2.38. The Kier molecular flexibility index (Phi) is 5.29. The first-order valence-electron chi connectivity index (χ1n) is 8.01. The Morgan fingerprint density at radius 2 is 2.29 bits per heavy atom. The number of carbonyl (C=O) groups excluding carboxylic acids is 1. The maximum absolute atomic E-state index is 12.2. The third-order valence-corrected chi connectivity index (χ3v) is 6.21. The second-order valence-electron chi connectivity index (χ2n) is 6.05. The lowest BCUT2D eigenvalue weighted by Crippen LogP contribution is -2.23. The topological polar surface area (TPSA) is 69.0 Å². The number of amides is 1. The van der Waals surface area contributed by atoms with Crippen molar-refractivity contribution in [2.24, 2.45) is 0 Å². The number of nitrogens with one attached hydrogen (secondary N) is 1. The van der Waals surface area contributed by atoms with Crippen molar-refractivity contribution >= 4 is 33.6 Å². The third kappa shape index (κ3) is 3.83. The zero-order valence-electron chi connectivity index (χ0n) is 13.9. The highest BCUT2D eigenvalue weighted by Gasteiger charge is 2.23. The summed E-state index contributed by atoms with van der Waals surface area (Å²) >= 11 is 3.25. The van der Waals surface area contributed by atoms with Crippen molar-refractivity contribution in [3.63, 3.8) is 0 Å². The molecule has 0 fully saturated rings. The van der Waals surface area contributed by atoms with Crippen molar-refractivity contribution in [2.45, 2.75) is 39.2 Å². The molecule has 126 valence electrons. The molecule has 1 N–H and O–H groups in total. The minimum atomic E-state index is -0.0289. The number of aryl methyl sites for hydroxylation is 2. The average molecular weight is 361 g/mol. The van der Waals surface area contributed by atoms with E-state index in [9.17, 15) is 10.1 Å². The molecule has 5 nitrogen and oxygen atoms in total. The summed E-state index contributed by atoms with van der Waals surface area (Å²) in [6.45, 7) is 3.47. The largest absolute Gasteiger partial charge is 0.317 e. The Labute approximate surface area is 149 Å². The number of rotatable bonds is 6. The third-order valence-electron chi connectivity index (χ3n) is 4.10. The van der Waals surface area contributed by atoms with E-state index in [1.807, 2.05) is 20.2 Å². The number of thiazole rings is 1. The van der Waals surface area contributed by atoms with Crippen LogP contribution in [-0.4, -0.2) is 29.4 Å². The molecule has 1 aliphatic rings.